The fourth-order valence-electron chi connectivity index (χ4n) is 6.58. The highest BCUT2D eigenvalue weighted by Crippen LogP contribution is 2.35. The van der Waals surface area contributed by atoms with Crippen LogP contribution >= 0.6 is 11.6 Å². The van der Waals surface area contributed by atoms with E-state index in [1.54, 1.807) is 17.0 Å². The maximum Gasteiger partial charge on any atom is 0.490 e. The molecule has 3 aliphatic heterocycles. The van der Waals surface area contributed by atoms with Gasteiger partial charge in [0.05, 0.1) is 15.8 Å². The van der Waals surface area contributed by atoms with Gasteiger partial charge in [-0.1, -0.05) is 24.4 Å². The van der Waals surface area contributed by atoms with E-state index >= 15 is 0 Å². The number of likely N-dealkylation sites (tertiary alicyclic amines) is 2. The minimum Gasteiger partial charge on any atom is -0.489 e. The predicted molar refractivity (Wildman–Crippen MR) is 184 cm³/mol. The minimum atomic E-state index is -5.08. The second kappa shape index (κ2) is 16.0. The number of hydrogen-bond acceptors (Lipinski definition) is 10. The molecule has 2 amide bonds. The lowest BCUT2D eigenvalue weighted by molar-refractivity contribution is -0.192. The Morgan fingerprint density at radius 3 is 2.31 bits per heavy atom. The van der Waals surface area contributed by atoms with Crippen LogP contribution in [0, 0.1) is 5.92 Å². The third-order valence-electron chi connectivity index (χ3n) is 9.39. The van der Waals surface area contributed by atoms with Gasteiger partial charge in [-0.2, -0.15) is 13.2 Å². The van der Waals surface area contributed by atoms with Crippen molar-refractivity contribution in [3.8, 4) is 5.75 Å². The Balaban J connectivity index is 0.000000654. The third-order valence-corrected chi connectivity index (χ3v) is 11.3. The first-order valence-corrected chi connectivity index (χ1v) is 19.0. The van der Waals surface area contributed by atoms with Gasteiger partial charge in [-0.25, -0.2) is 23.2 Å². The number of anilines is 3. The largest absolute Gasteiger partial charge is 0.490 e. The van der Waals surface area contributed by atoms with Crippen molar-refractivity contribution in [2.24, 2.45) is 5.92 Å². The fraction of sp³-hybridized carbons (Fsp3) is 0.545. The molecule has 4 aliphatic rings. The zero-order valence-electron chi connectivity index (χ0n) is 27.9. The Labute approximate surface area is 298 Å². The van der Waals surface area contributed by atoms with Gasteiger partial charge in [0.1, 0.15) is 29.8 Å². The van der Waals surface area contributed by atoms with Gasteiger partial charge in [0, 0.05) is 69.0 Å². The highest BCUT2D eigenvalue weighted by molar-refractivity contribution is 7.91. The molecule has 3 fully saturated rings. The molecule has 13 nitrogen and oxygen atoms in total. The van der Waals surface area contributed by atoms with E-state index in [9.17, 15) is 31.2 Å². The molecule has 1 aliphatic carbocycles. The number of benzene rings is 1. The Morgan fingerprint density at radius 1 is 1.04 bits per heavy atom. The van der Waals surface area contributed by atoms with Gasteiger partial charge in [0.2, 0.25) is 11.8 Å². The lowest BCUT2D eigenvalue weighted by Gasteiger charge is -2.33. The number of rotatable bonds is 7. The third kappa shape index (κ3) is 9.81. The lowest BCUT2D eigenvalue weighted by atomic mass is 10.0. The van der Waals surface area contributed by atoms with E-state index in [0.29, 0.717) is 84.2 Å². The first kappa shape index (κ1) is 38.1. The zero-order chi connectivity index (χ0) is 36.9. The van der Waals surface area contributed by atoms with Crippen molar-refractivity contribution in [3.63, 3.8) is 0 Å². The van der Waals surface area contributed by atoms with E-state index < -0.39 is 27.2 Å². The SMILES string of the molecule is CS(=O)(=O)C1CCN(C(=O)C2=Cc3c(ncnc3Nc3ccc(OC4CCN(C(=O)C5CCCC5)CC4)c(Cl)c3)NCC2)C1.O=C(O)C(F)(F)F. The summed E-state index contributed by atoms with van der Waals surface area (Å²) in [5, 5.41) is 13.6. The van der Waals surface area contributed by atoms with Crippen molar-refractivity contribution >= 4 is 62.6 Å². The van der Waals surface area contributed by atoms with E-state index in [2.05, 4.69) is 20.6 Å². The Hall–Kier alpha value is -4.12. The Morgan fingerprint density at radius 2 is 1.71 bits per heavy atom. The van der Waals surface area contributed by atoms with Crippen molar-refractivity contribution in [1.29, 1.82) is 0 Å². The molecule has 51 heavy (non-hydrogen) atoms. The summed E-state index contributed by atoms with van der Waals surface area (Å²) in [6, 6.07) is 5.47. The van der Waals surface area contributed by atoms with Crippen LogP contribution in [0.5, 0.6) is 5.75 Å². The molecule has 0 spiro atoms. The number of piperidine rings is 1. The molecule has 2 saturated heterocycles. The average molecular weight is 757 g/mol. The zero-order valence-corrected chi connectivity index (χ0v) is 29.5. The summed E-state index contributed by atoms with van der Waals surface area (Å²) >= 11 is 6.65. The van der Waals surface area contributed by atoms with Crippen LogP contribution in [0.2, 0.25) is 5.02 Å². The van der Waals surface area contributed by atoms with Gasteiger partial charge < -0.3 is 30.3 Å². The smallest absolute Gasteiger partial charge is 0.489 e. The summed E-state index contributed by atoms with van der Waals surface area (Å²) in [6.45, 7) is 2.54. The van der Waals surface area contributed by atoms with Gasteiger partial charge in [-0.05, 0) is 50.0 Å². The molecule has 18 heteroatoms. The van der Waals surface area contributed by atoms with Crippen LogP contribution in [-0.2, 0) is 24.2 Å². The van der Waals surface area contributed by atoms with Gasteiger partial charge in [-0.3, -0.25) is 9.59 Å². The summed E-state index contributed by atoms with van der Waals surface area (Å²) in [5.41, 5.74) is 1.91. The number of sulfone groups is 1. The standard InChI is InChI=1S/C31H39ClN6O5S.C2HF3O2/c1-44(41,42)24-11-15-38(18-24)31(40)21-8-12-33-28-25(16-21)29(35-19-34-28)36-22-6-7-27(26(32)17-22)43-23-9-13-37(14-10-23)30(39)20-4-2-3-5-20;3-2(4,5)1(6)7/h6-7,16-17,19-20,23-24H,2-5,8-15,18H2,1H3,(H2,33,34,35,36);(H,6,7). The number of fused-ring (bicyclic) bond motifs is 1. The second-order valence-electron chi connectivity index (χ2n) is 13.0. The number of carboxylic acids is 1. The minimum absolute atomic E-state index is 0.00735. The number of alkyl halides is 3. The van der Waals surface area contributed by atoms with Crippen LogP contribution in [0.4, 0.5) is 30.5 Å². The molecule has 278 valence electrons. The van der Waals surface area contributed by atoms with Crippen LogP contribution in [0.3, 0.4) is 0 Å². The highest BCUT2D eigenvalue weighted by Gasteiger charge is 2.38. The van der Waals surface area contributed by atoms with Crippen LogP contribution in [0.15, 0.2) is 30.1 Å². The molecule has 6 rings (SSSR count). The molecule has 0 radical (unpaired) electrons. The number of carbonyl (C=O) groups is 3. The molecule has 3 N–H and O–H groups in total. The Kier molecular flexibility index (Phi) is 12.0. The molecule has 1 saturated carbocycles. The molecule has 1 atom stereocenters. The van der Waals surface area contributed by atoms with Crippen LogP contribution < -0.4 is 15.4 Å². The summed E-state index contributed by atoms with van der Waals surface area (Å²) in [6.07, 6.45) is 6.18. The van der Waals surface area contributed by atoms with Crippen molar-refractivity contribution in [1.82, 2.24) is 19.8 Å². The molecule has 1 aromatic carbocycles. The van der Waals surface area contributed by atoms with E-state index in [4.69, 9.17) is 26.2 Å². The van der Waals surface area contributed by atoms with Crippen molar-refractivity contribution in [2.75, 3.05) is 49.6 Å². The number of ether oxygens (including phenoxy) is 1. The molecule has 1 unspecified atom stereocenters. The number of nitrogens with zero attached hydrogens (tertiary/aromatic N) is 4. The monoisotopic (exact) mass is 756 g/mol. The summed E-state index contributed by atoms with van der Waals surface area (Å²) in [5.74, 6) is -0.725. The molecular weight excluding hydrogens is 717 g/mol. The summed E-state index contributed by atoms with van der Waals surface area (Å²) in [7, 11) is -3.21. The van der Waals surface area contributed by atoms with Crippen LogP contribution in [0.1, 0.15) is 56.9 Å². The number of aromatic nitrogens is 2. The van der Waals surface area contributed by atoms with Crippen LogP contribution in [0.25, 0.3) is 6.08 Å². The maximum absolute atomic E-state index is 13.4. The highest BCUT2D eigenvalue weighted by atomic mass is 35.5. The second-order valence-corrected chi connectivity index (χ2v) is 15.8. The van der Waals surface area contributed by atoms with Gasteiger partial charge in [0.15, 0.2) is 9.84 Å². The van der Waals surface area contributed by atoms with E-state index in [0.717, 1.165) is 38.5 Å². The number of carbonyl (C=O) groups excluding carboxylic acids is 2. The molecule has 0 bridgehead atoms. The first-order valence-electron chi connectivity index (χ1n) is 16.7. The molecule has 4 heterocycles. The molecular formula is C33H40ClF3N6O7S. The van der Waals surface area contributed by atoms with Gasteiger partial charge in [-0.15, -0.1) is 0 Å². The average Bonchev–Trinajstić information content (AvgIpc) is 3.76. The predicted octanol–water partition coefficient (Wildman–Crippen LogP) is 4.91. The number of hydrogen-bond donors (Lipinski definition) is 3. The summed E-state index contributed by atoms with van der Waals surface area (Å²) in [4.78, 5) is 47.5. The normalized spacial score (nSPS) is 19.9. The van der Waals surface area contributed by atoms with E-state index in [1.165, 1.54) is 12.6 Å². The number of halogens is 4. The van der Waals surface area contributed by atoms with Crippen LogP contribution in [-0.4, -0.2) is 108 Å². The van der Waals surface area contributed by atoms with E-state index in [1.807, 2.05) is 17.0 Å². The van der Waals surface area contributed by atoms with Crippen molar-refractivity contribution in [3.05, 3.63) is 40.7 Å². The fourth-order valence-corrected chi connectivity index (χ4v) is 7.79. The number of nitrogens with one attached hydrogen (secondary N) is 2. The quantitative estimate of drug-likeness (QED) is 0.351. The van der Waals surface area contributed by atoms with Crippen molar-refractivity contribution < 1.29 is 45.8 Å². The Bertz CT molecular complexity index is 1760. The van der Waals surface area contributed by atoms with Gasteiger partial charge in [0.25, 0.3) is 0 Å². The van der Waals surface area contributed by atoms with E-state index in [-0.39, 0.29) is 24.5 Å². The topological polar surface area (TPSA) is 171 Å². The summed E-state index contributed by atoms with van der Waals surface area (Å²) < 4.78 is 62.0. The number of amides is 2. The lowest BCUT2D eigenvalue weighted by Crippen LogP contribution is -2.44. The maximum atomic E-state index is 13.4. The van der Waals surface area contributed by atoms with Gasteiger partial charge >= 0.3 is 12.1 Å². The first-order chi connectivity index (χ1) is 24.1. The van der Waals surface area contributed by atoms with Crippen molar-refractivity contribution in [2.45, 2.75) is 68.9 Å². The number of carboxylic acid groups (broad SMARTS) is 1. The molecule has 2 aromatic rings. The number of aliphatic carboxylic acids is 1. The molecule has 1 aromatic heterocycles.